The molecule has 1 unspecified atom stereocenters. The number of hydrogen-bond donors (Lipinski definition) is 2. The Hall–Kier alpha value is -1.71. The van der Waals surface area contributed by atoms with Gasteiger partial charge in [0.25, 0.3) is 0 Å². The van der Waals surface area contributed by atoms with E-state index in [9.17, 15) is 4.79 Å². The molecule has 0 radical (unpaired) electrons. The molecule has 164 valence electrons. The highest BCUT2D eigenvalue weighted by atomic mass is 127. The zero-order valence-corrected chi connectivity index (χ0v) is 20.3. The topological polar surface area (TPSA) is 75.2 Å². The highest BCUT2D eigenvalue weighted by molar-refractivity contribution is 14.0. The molecular weight excluding hydrogens is 483 g/mol. The number of halogens is 1. The van der Waals surface area contributed by atoms with E-state index < -0.39 is 0 Å². The Morgan fingerprint density at radius 3 is 2.72 bits per heavy atom. The molecule has 0 saturated carbocycles. The van der Waals surface area contributed by atoms with Crippen molar-refractivity contribution in [3.05, 3.63) is 23.8 Å². The maximum Gasteiger partial charge on any atom is 0.222 e. The van der Waals surface area contributed by atoms with Crippen molar-refractivity contribution in [2.75, 3.05) is 33.4 Å². The number of rotatable bonds is 9. The normalized spacial score (nSPS) is 16.2. The molecule has 0 aliphatic carbocycles. The number of methoxy groups -OCH3 is 1. The fourth-order valence-electron chi connectivity index (χ4n) is 3.15. The van der Waals surface area contributed by atoms with Crippen molar-refractivity contribution in [3.63, 3.8) is 0 Å². The number of ether oxygens (including phenoxy) is 2. The molecule has 1 fully saturated rings. The summed E-state index contributed by atoms with van der Waals surface area (Å²) in [6, 6.07) is 6.14. The summed E-state index contributed by atoms with van der Waals surface area (Å²) in [7, 11) is 1.65. The molecule has 2 N–H and O–H groups in total. The Kier molecular flexibility index (Phi) is 11.8. The molecule has 1 amide bonds. The van der Waals surface area contributed by atoms with Gasteiger partial charge in [-0.3, -0.25) is 4.79 Å². The van der Waals surface area contributed by atoms with Crippen molar-refractivity contribution < 1.29 is 14.3 Å². The van der Waals surface area contributed by atoms with Crippen molar-refractivity contribution >= 4 is 35.8 Å². The van der Waals surface area contributed by atoms with Gasteiger partial charge in [0.2, 0.25) is 5.91 Å². The SMILES string of the molecule is CCCOc1ccc(CN=C(NCC)NC2CCN(C(=O)CC)C2)cc1OC.I. The number of nitrogens with one attached hydrogen (secondary N) is 2. The van der Waals surface area contributed by atoms with Crippen molar-refractivity contribution in [2.24, 2.45) is 4.99 Å². The van der Waals surface area contributed by atoms with Crippen LogP contribution in [0.25, 0.3) is 0 Å². The highest BCUT2D eigenvalue weighted by Gasteiger charge is 2.25. The number of likely N-dealkylation sites (tertiary alicyclic amines) is 1. The van der Waals surface area contributed by atoms with Crippen LogP contribution in [0.2, 0.25) is 0 Å². The second kappa shape index (κ2) is 13.5. The minimum atomic E-state index is 0. The molecule has 1 atom stereocenters. The van der Waals surface area contributed by atoms with E-state index in [1.54, 1.807) is 7.11 Å². The molecule has 0 aromatic heterocycles. The summed E-state index contributed by atoms with van der Waals surface area (Å²) in [6.45, 7) is 9.54. The largest absolute Gasteiger partial charge is 0.493 e. The minimum absolute atomic E-state index is 0. The van der Waals surface area contributed by atoms with E-state index in [4.69, 9.17) is 14.5 Å². The van der Waals surface area contributed by atoms with Crippen molar-refractivity contribution in [1.29, 1.82) is 0 Å². The van der Waals surface area contributed by atoms with Gasteiger partial charge in [-0.15, -0.1) is 24.0 Å². The van der Waals surface area contributed by atoms with Crippen LogP contribution in [-0.4, -0.2) is 56.2 Å². The number of guanidine groups is 1. The van der Waals surface area contributed by atoms with Gasteiger partial charge in [-0.25, -0.2) is 4.99 Å². The number of hydrogen-bond acceptors (Lipinski definition) is 4. The summed E-state index contributed by atoms with van der Waals surface area (Å²) in [5, 5.41) is 6.74. The van der Waals surface area contributed by atoms with Crippen molar-refractivity contribution in [2.45, 2.75) is 52.6 Å². The van der Waals surface area contributed by atoms with Gasteiger partial charge >= 0.3 is 0 Å². The second-order valence-corrected chi connectivity index (χ2v) is 6.85. The maximum atomic E-state index is 11.9. The minimum Gasteiger partial charge on any atom is -0.493 e. The van der Waals surface area contributed by atoms with Gasteiger partial charge in [0.15, 0.2) is 17.5 Å². The van der Waals surface area contributed by atoms with Crippen LogP contribution in [0, 0.1) is 0 Å². The van der Waals surface area contributed by atoms with E-state index in [0.717, 1.165) is 55.5 Å². The summed E-state index contributed by atoms with van der Waals surface area (Å²) in [5.74, 6) is 2.46. The van der Waals surface area contributed by atoms with E-state index in [-0.39, 0.29) is 35.9 Å². The lowest BCUT2D eigenvalue weighted by Gasteiger charge is -2.18. The molecule has 1 aromatic rings. The molecule has 29 heavy (non-hydrogen) atoms. The van der Waals surface area contributed by atoms with Crippen molar-refractivity contribution in [1.82, 2.24) is 15.5 Å². The Labute approximate surface area is 191 Å². The highest BCUT2D eigenvalue weighted by Crippen LogP contribution is 2.28. The molecule has 7 nitrogen and oxygen atoms in total. The Balaban J connectivity index is 0.00000420. The van der Waals surface area contributed by atoms with Gasteiger partial charge in [-0.05, 0) is 37.5 Å². The Morgan fingerprint density at radius 1 is 1.28 bits per heavy atom. The smallest absolute Gasteiger partial charge is 0.222 e. The van der Waals surface area contributed by atoms with E-state index >= 15 is 0 Å². The molecular formula is C21H35IN4O3. The van der Waals surface area contributed by atoms with Crippen molar-refractivity contribution in [3.8, 4) is 11.5 Å². The van der Waals surface area contributed by atoms with E-state index in [1.807, 2.05) is 36.9 Å². The molecule has 1 aliphatic heterocycles. The fraction of sp³-hybridized carbons (Fsp3) is 0.619. The Bertz CT molecular complexity index is 669. The number of benzene rings is 1. The van der Waals surface area contributed by atoms with Crippen LogP contribution in [-0.2, 0) is 11.3 Å². The average molecular weight is 518 g/mol. The summed E-state index contributed by atoms with van der Waals surface area (Å²) >= 11 is 0. The Morgan fingerprint density at radius 2 is 2.07 bits per heavy atom. The molecule has 1 heterocycles. The van der Waals surface area contributed by atoms with Crippen LogP contribution in [0.15, 0.2) is 23.2 Å². The van der Waals surface area contributed by atoms with Crippen LogP contribution < -0.4 is 20.1 Å². The third-order valence-corrected chi connectivity index (χ3v) is 4.64. The summed E-state index contributed by atoms with van der Waals surface area (Å²) < 4.78 is 11.2. The van der Waals surface area contributed by atoms with Crippen LogP contribution in [0.4, 0.5) is 0 Å². The predicted octanol–water partition coefficient (Wildman–Crippen LogP) is 3.17. The molecule has 0 spiro atoms. The number of amides is 1. The average Bonchev–Trinajstić information content (AvgIpc) is 3.18. The lowest BCUT2D eigenvalue weighted by atomic mass is 10.2. The molecule has 1 aromatic carbocycles. The van der Waals surface area contributed by atoms with Gasteiger partial charge in [0, 0.05) is 32.1 Å². The first-order chi connectivity index (χ1) is 13.6. The quantitative estimate of drug-likeness (QED) is 0.299. The zero-order valence-electron chi connectivity index (χ0n) is 18.0. The van der Waals surface area contributed by atoms with Gasteiger partial charge < -0.3 is 25.0 Å². The van der Waals surface area contributed by atoms with Gasteiger partial charge in [0.1, 0.15) is 0 Å². The molecule has 0 bridgehead atoms. The first-order valence-electron chi connectivity index (χ1n) is 10.2. The number of carbonyl (C=O) groups is 1. The van der Waals surface area contributed by atoms with Crippen LogP contribution in [0.1, 0.15) is 45.6 Å². The van der Waals surface area contributed by atoms with Gasteiger partial charge in [-0.2, -0.15) is 0 Å². The maximum absolute atomic E-state index is 11.9. The van der Waals surface area contributed by atoms with E-state index in [0.29, 0.717) is 19.6 Å². The molecule has 1 aliphatic rings. The molecule has 2 rings (SSSR count). The lowest BCUT2D eigenvalue weighted by molar-refractivity contribution is -0.129. The fourth-order valence-corrected chi connectivity index (χ4v) is 3.15. The monoisotopic (exact) mass is 518 g/mol. The summed E-state index contributed by atoms with van der Waals surface area (Å²) in [5.41, 5.74) is 1.05. The summed E-state index contributed by atoms with van der Waals surface area (Å²) in [4.78, 5) is 18.5. The standard InChI is InChI=1S/C21H34N4O3.HI/c1-5-12-28-18-9-8-16(13-19(18)27-4)14-23-21(22-7-3)24-17-10-11-25(15-17)20(26)6-2;/h8-9,13,17H,5-7,10-12,14-15H2,1-4H3,(H2,22,23,24);1H. The first-order valence-corrected chi connectivity index (χ1v) is 10.2. The van der Waals surface area contributed by atoms with Crippen LogP contribution in [0.3, 0.4) is 0 Å². The van der Waals surface area contributed by atoms with Crippen LogP contribution in [0.5, 0.6) is 11.5 Å². The second-order valence-electron chi connectivity index (χ2n) is 6.85. The molecule has 8 heteroatoms. The molecule has 1 saturated heterocycles. The zero-order chi connectivity index (χ0) is 20.4. The first kappa shape index (κ1) is 25.3. The third kappa shape index (κ3) is 7.91. The van der Waals surface area contributed by atoms with Gasteiger partial charge in [-0.1, -0.05) is 19.9 Å². The van der Waals surface area contributed by atoms with E-state index in [1.165, 1.54) is 0 Å². The van der Waals surface area contributed by atoms with Crippen LogP contribution >= 0.6 is 24.0 Å². The number of nitrogens with zero attached hydrogens (tertiary/aromatic N) is 2. The lowest BCUT2D eigenvalue weighted by Crippen LogP contribution is -2.45. The van der Waals surface area contributed by atoms with Gasteiger partial charge in [0.05, 0.1) is 20.3 Å². The van der Waals surface area contributed by atoms with E-state index in [2.05, 4.69) is 17.6 Å². The number of aliphatic imine (C=N–C) groups is 1. The number of carbonyl (C=O) groups excluding carboxylic acids is 1. The third-order valence-electron chi connectivity index (χ3n) is 4.64. The summed E-state index contributed by atoms with van der Waals surface area (Å²) in [6.07, 6.45) is 2.45. The predicted molar refractivity (Wildman–Crippen MR) is 127 cm³/mol.